The maximum absolute atomic E-state index is 13.7. The van der Waals surface area contributed by atoms with Crippen LogP contribution in [0.3, 0.4) is 0 Å². The third kappa shape index (κ3) is 4.49. The molecule has 0 aromatic heterocycles. The Labute approximate surface area is 187 Å². The van der Waals surface area contributed by atoms with Gasteiger partial charge < -0.3 is 19.7 Å². The van der Waals surface area contributed by atoms with Gasteiger partial charge in [0, 0.05) is 18.3 Å². The molecule has 0 bridgehead atoms. The quantitative estimate of drug-likeness (QED) is 0.499. The number of carbonyl (C=O) groups is 1. The van der Waals surface area contributed by atoms with Gasteiger partial charge in [-0.1, -0.05) is 31.4 Å². The first-order valence-electron chi connectivity index (χ1n) is 11.2. The van der Waals surface area contributed by atoms with Gasteiger partial charge in [-0.3, -0.25) is 14.9 Å². The lowest BCUT2D eigenvalue weighted by Crippen LogP contribution is -2.45. The fourth-order valence-corrected chi connectivity index (χ4v) is 4.62. The van der Waals surface area contributed by atoms with Crippen molar-refractivity contribution >= 4 is 17.3 Å². The number of anilines is 1. The summed E-state index contributed by atoms with van der Waals surface area (Å²) in [5, 5.41) is 15.2. The van der Waals surface area contributed by atoms with Gasteiger partial charge >= 0.3 is 0 Å². The third-order valence-electron chi connectivity index (χ3n) is 6.20. The van der Waals surface area contributed by atoms with E-state index in [-0.39, 0.29) is 24.4 Å². The third-order valence-corrected chi connectivity index (χ3v) is 6.20. The zero-order chi connectivity index (χ0) is 22.7. The van der Waals surface area contributed by atoms with E-state index in [4.69, 9.17) is 9.47 Å². The van der Waals surface area contributed by atoms with Crippen molar-refractivity contribution in [3.05, 3.63) is 57.6 Å². The van der Waals surface area contributed by atoms with Crippen LogP contribution in [0.2, 0.25) is 0 Å². The second kappa shape index (κ2) is 9.46. The normalized spacial score (nSPS) is 16.4. The zero-order valence-corrected chi connectivity index (χ0v) is 18.5. The van der Waals surface area contributed by atoms with Gasteiger partial charge in [-0.25, -0.2) is 0 Å². The Morgan fingerprint density at radius 2 is 1.91 bits per heavy atom. The average molecular weight is 440 g/mol. The Morgan fingerprint density at radius 3 is 2.56 bits per heavy atom. The van der Waals surface area contributed by atoms with E-state index in [9.17, 15) is 14.9 Å². The largest absolute Gasteiger partial charge is 0.454 e. The van der Waals surface area contributed by atoms with Crippen LogP contribution in [0.25, 0.3) is 0 Å². The number of nitrogens with one attached hydrogen (secondary N) is 1. The Hall–Kier alpha value is -3.29. The maximum atomic E-state index is 13.7. The van der Waals surface area contributed by atoms with Crippen molar-refractivity contribution in [1.82, 2.24) is 5.32 Å². The van der Waals surface area contributed by atoms with Crippen molar-refractivity contribution < 1.29 is 19.2 Å². The van der Waals surface area contributed by atoms with Crippen LogP contribution in [0.1, 0.15) is 56.2 Å². The van der Waals surface area contributed by atoms with Crippen LogP contribution in [0.5, 0.6) is 11.5 Å². The standard InChI is InChI=1S/C24H29N3O5/c1-3-26(18-11-7-8-16(2)12-18)23(24(28)25-17-9-5-4-6-10-17)19-13-21-22(32-15-31-21)14-20(19)27(29)30/h7-8,11-14,17,23H,3-6,9-10,15H2,1-2H3,(H,25,28). The van der Waals surface area contributed by atoms with Gasteiger partial charge in [0.15, 0.2) is 11.5 Å². The van der Waals surface area contributed by atoms with Gasteiger partial charge in [-0.05, 0) is 50.5 Å². The topological polar surface area (TPSA) is 93.9 Å². The molecule has 4 rings (SSSR count). The maximum Gasteiger partial charge on any atom is 0.279 e. The number of benzene rings is 2. The van der Waals surface area contributed by atoms with Crippen molar-refractivity contribution in [2.75, 3.05) is 18.2 Å². The van der Waals surface area contributed by atoms with Gasteiger partial charge in [-0.15, -0.1) is 0 Å². The highest BCUT2D eigenvalue weighted by Gasteiger charge is 2.36. The molecule has 1 fully saturated rings. The second-order valence-corrected chi connectivity index (χ2v) is 8.39. The number of hydrogen-bond acceptors (Lipinski definition) is 6. The van der Waals surface area contributed by atoms with Crippen molar-refractivity contribution in [3.63, 3.8) is 0 Å². The second-order valence-electron chi connectivity index (χ2n) is 8.39. The number of hydrogen-bond donors (Lipinski definition) is 1. The van der Waals surface area contributed by atoms with Crippen LogP contribution in [-0.4, -0.2) is 30.2 Å². The number of rotatable bonds is 7. The molecule has 1 aliphatic heterocycles. The van der Waals surface area contributed by atoms with Crippen molar-refractivity contribution in [1.29, 1.82) is 0 Å². The van der Waals surface area contributed by atoms with E-state index in [1.807, 2.05) is 43.0 Å². The summed E-state index contributed by atoms with van der Waals surface area (Å²) in [6, 6.07) is 9.99. The molecule has 2 aromatic carbocycles. The average Bonchev–Trinajstić information content (AvgIpc) is 3.24. The number of carbonyl (C=O) groups excluding carboxylic acids is 1. The van der Waals surface area contributed by atoms with Gasteiger partial charge in [0.25, 0.3) is 5.69 Å². The van der Waals surface area contributed by atoms with Gasteiger partial charge in [0.05, 0.1) is 16.6 Å². The summed E-state index contributed by atoms with van der Waals surface area (Å²) in [5.41, 5.74) is 2.04. The number of likely N-dealkylation sites (N-methyl/N-ethyl adjacent to an activating group) is 1. The summed E-state index contributed by atoms with van der Waals surface area (Å²) in [5.74, 6) is 0.508. The van der Waals surface area contributed by atoms with Crippen LogP contribution in [0.15, 0.2) is 36.4 Å². The lowest BCUT2D eigenvalue weighted by Gasteiger charge is -2.34. The van der Waals surface area contributed by atoms with Gasteiger partial charge in [0.1, 0.15) is 6.04 Å². The first-order valence-corrected chi connectivity index (χ1v) is 11.2. The number of aryl methyl sites for hydroxylation is 1. The summed E-state index contributed by atoms with van der Waals surface area (Å²) >= 11 is 0. The summed E-state index contributed by atoms with van der Waals surface area (Å²) in [6.07, 6.45) is 5.19. The highest BCUT2D eigenvalue weighted by atomic mass is 16.7. The minimum Gasteiger partial charge on any atom is -0.454 e. The molecule has 0 spiro atoms. The summed E-state index contributed by atoms with van der Waals surface area (Å²) in [4.78, 5) is 27.2. The van der Waals surface area contributed by atoms with Crippen LogP contribution in [-0.2, 0) is 4.79 Å². The van der Waals surface area contributed by atoms with Crippen molar-refractivity contribution in [2.45, 2.75) is 58.0 Å². The highest BCUT2D eigenvalue weighted by Crippen LogP contribution is 2.42. The Bertz CT molecular complexity index is 1000. The summed E-state index contributed by atoms with van der Waals surface area (Å²) in [7, 11) is 0. The lowest BCUT2D eigenvalue weighted by molar-refractivity contribution is -0.385. The SMILES string of the molecule is CCN(c1cccc(C)c1)C(C(=O)NC1CCCCC1)c1cc2c(cc1[N+](=O)[O-])OCO2. The molecule has 1 aliphatic carbocycles. The minimum atomic E-state index is -0.876. The molecule has 1 saturated carbocycles. The van der Waals surface area contributed by atoms with E-state index >= 15 is 0 Å². The molecule has 2 aromatic rings. The van der Waals surface area contributed by atoms with E-state index in [2.05, 4.69) is 5.32 Å². The molecule has 1 unspecified atom stereocenters. The number of nitro groups is 1. The van der Waals surface area contributed by atoms with Crippen molar-refractivity contribution in [3.8, 4) is 11.5 Å². The summed E-state index contributed by atoms with van der Waals surface area (Å²) < 4.78 is 10.8. The zero-order valence-electron chi connectivity index (χ0n) is 18.5. The van der Waals surface area contributed by atoms with Gasteiger partial charge in [-0.2, -0.15) is 0 Å². The fourth-order valence-electron chi connectivity index (χ4n) is 4.62. The molecule has 8 nitrogen and oxygen atoms in total. The number of fused-ring (bicyclic) bond motifs is 1. The number of nitrogens with zero attached hydrogens (tertiary/aromatic N) is 2. The Kier molecular flexibility index (Phi) is 6.48. The molecule has 170 valence electrons. The van der Waals surface area contributed by atoms with E-state index in [1.54, 1.807) is 6.07 Å². The lowest BCUT2D eigenvalue weighted by atomic mass is 9.94. The van der Waals surface area contributed by atoms with Crippen LogP contribution < -0.4 is 19.7 Å². The monoisotopic (exact) mass is 439 g/mol. The van der Waals surface area contributed by atoms with Crippen LogP contribution >= 0.6 is 0 Å². The predicted molar refractivity (Wildman–Crippen MR) is 121 cm³/mol. The number of nitro benzene ring substituents is 1. The highest BCUT2D eigenvalue weighted by molar-refractivity contribution is 5.88. The molecule has 0 saturated heterocycles. The molecule has 8 heteroatoms. The van der Waals surface area contributed by atoms with E-state index in [0.717, 1.165) is 36.9 Å². The summed E-state index contributed by atoms with van der Waals surface area (Å²) in [6.45, 7) is 4.43. The Balaban J connectivity index is 1.80. The fraction of sp³-hybridized carbons (Fsp3) is 0.458. The van der Waals surface area contributed by atoms with Crippen LogP contribution in [0.4, 0.5) is 11.4 Å². The number of amides is 1. The molecule has 1 heterocycles. The van der Waals surface area contributed by atoms with E-state index in [0.29, 0.717) is 23.6 Å². The van der Waals surface area contributed by atoms with Crippen LogP contribution in [0, 0.1) is 17.0 Å². The van der Waals surface area contributed by atoms with E-state index < -0.39 is 11.0 Å². The van der Waals surface area contributed by atoms with E-state index in [1.165, 1.54) is 12.5 Å². The predicted octanol–water partition coefficient (Wildman–Crippen LogP) is 4.65. The van der Waals surface area contributed by atoms with Crippen molar-refractivity contribution in [2.24, 2.45) is 0 Å². The minimum absolute atomic E-state index is 0.00422. The Morgan fingerprint density at radius 1 is 1.19 bits per heavy atom. The number of ether oxygens (including phenoxy) is 2. The molecule has 1 N–H and O–H groups in total. The molecule has 0 radical (unpaired) electrons. The molecule has 32 heavy (non-hydrogen) atoms. The molecular weight excluding hydrogens is 410 g/mol. The first-order chi connectivity index (χ1) is 15.5. The molecule has 1 amide bonds. The molecular formula is C24H29N3O5. The molecule has 2 aliphatic rings. The smallest absolute Gasteiger partial charge is 0.279 e. The van der Waals surface area contributed by atoms with Gasteiger partial charge in [0.2, 0.25) is 12.7 Å². The molecule has 1 atom stereocenters. The first kappa shape index (κ1) is 21.9.